The van der Waals surface area contributed by atoms with Crippen molar-refractivity contribution < 1.29 is 14.0 Å². The van der Waals surface area contributed by atoms with Gasteiger partial charge in [-0.15, -0.1) is 11.3 Å². The molecule has 0 bridgehead atoms. The van der Waals surface area contributed by atoms with Gasteiger partial charge in [-0.05, 0) is 65.7 Å². The summed E-state index contributed by atoms with van der Waals surface area (Å²) in [7, 11) is 3.90. The van der Waals surface area contributed by atoms with Crippen molar-refractivity contribution in [3.05, 3.63) is 81.8 Å². The van der Waals surface area contributed by atoms with Crippen molar-refractivity contribution >= 4 is 34.5 Å². The molecule has 0 spiro atoms. The minimum Gasteiger partial charge on any atom is -0.377 e. The molecule has 0 unspecified atom stereocenters. The lowest BCUT2D eigenvalue weighted by molar-refractivity contribution is -0.119. The quantitative estimate of drug-likeness (QED) is 0.436. The van der Waals surface area contributed by atoms with E-state index >= 15 is 0 Å². The van der Waals surface area contributed by atoms with Crippen LogP contribution in [0.1, 0.15) is 46.5 Å². The van der Waals surface area contributed by atoms with Gasteiger partial charge in [-0.3, -0.25) is 9.59 Å². The lowest BCUT2D eigenvalue weighted by Crippen LogP contribution is -2.30. The van der Waals surface area contributed by atoms with Gasteiger partial charge in [-0.2, -0.15) is 0 Å². The highest BCUT2D eigenvalue weighted by Crippen LogP contribution is 2.29. The monoisotopic (exact) mass is 479 g/mol. The molecule has 5 nitrogen and oxygen atoms in total. The first-order chi connectivity index (χ1) is 16.4. The van der Waals surface area contributed by atoms with Crippen LogP contribution in [-0.4, -0.2) is 30.8 Å². The number of rotatable bonds is 8. The predicted octanol–water partition coefficient (Wildman–Crippen LogP) is 5.92. The summed E-state index contributed by atoms with van der Waals surface area (Å²) in [6.07, 6.45) is 4.07. The summed E-state index contributed by atoms with van der Waals surface area (Å²) in [5, 5.41) is 4.94. The molecule has 0 saturated heterocycles. The van der Waals surface area contributed by atoms with Crippen LogP contribution in [0.25, 0.3) is 0 Å². The van der Waals surface area contributed by atoms with Crippen molar-refractivity contribution in [1.29, 1.82) is 0 Å². The largest absolute Gasteiger partial charge is 0.377 e. The minimum atomic E-state index is -0.327. The molecular weight excluding hydrogens is 449 g/mol. The Balaban J connectivity index is 1.62. The van der Waals surface area contributed by atoms with Crippen LogP contribution < -0.4 is 10.2 Å². The van der Waals surface area contributed by atoms with E-state index in [1.165, 1.54) is 23.5 Å². The van der Waals surface area contributed by atoms with Gasteiger partial charge in [0.2, 0.25) is 5.91 Å². The molecule has 2 aromatic carbocycles. The van der Waals surface area contributed by atoms with Crippen molar-refractivity contribution in [2.75, 3.05) is 24.3 Å². The van der Waals surface area contributed by atoms with Crippen molar-refractivity contribution in [1.82, 2.24) is 4.90 Å². The third kappa shape index (κ3) is 5.83. The molecule has 178 valence electrons. The van der Waals surface area contributed by atoms with E-state index in [-0.39, 0.29) is 30.1 Å². The number of nitrogens with one attached hydrogen (secondary N) is 1. The van der Waals surface area contributed by atoms with E-state index in [4.69, 9.17) is 0 Å². The van der Waals surface area contributed by atoms with Gasteiger partial charge in [-0.1, -0.05) is 31.0 Å². The second kappa shape index (κ2) is 10.8. The van der Waals surface area contributed by atoms with Gasteiger partial charge in [0, 0.05) is 44.5 Å². The number of hydrogen-bond donors (Lipinski definition) is 1. The molecule has 2 amide bonds. The first-order valence-electron chi connectivity index (χ1n) is 11.6. The normalized spacial score (nSPS) is 13.6. The van der Waals surface area contributed by atoms with Gasteiger partial charge in [0.25, 0.3) is 5.91 Å². The molecule has 7 heteroatoms. The number of anilines is 2. The number of thiophene rings is 1. The zero-order valence-electron chi connectivity index (χ0n) is 19.6. The van der Waals surface area contributed by atoms with Crippen molar-refractivity contribution in [2.24, 2.45) is 5.92 Å². The lowest BCUT2D eigenvalue weighted by atomic mass is 10.1. The smallest absolute Gasteiger partial charge is 0.264 e. The highest BCUT2D eigenvalue weighted by Gasteiger charge is 2.24. The van der Waals surface area contributed by atoms with Gasteiger partial charge >= 0.3 is 0 Å². The maximum Gasteiger partial charge on any atom is 0.264 e. The number of carbonyl (C=O) groups is 2. The molecule has 34 heavy (non-hydrogen) atoms. The maximum atomic E-state index is 13.8. The predicted molar refractivity (Wildman–Crippen MR) is 136 cm³/mol. The molecule has 0 radical (unpaired) electrons. The third-order valence-corrected chi connectivity index (χ3v) is 7.06. The van der Waals surface area contributed by atoms with E-state index in [2.05, 4.69) is 5.32 Å². The van der Waals surface area contributed by atoms with Crippen LogP contribution >= 0.6 is 11.3 Å². The molecule has 1 aliphatic carbocycles. The maximum absolute atomic E-state index is 13.8. The molecule has 1 fully saturated rings. The zero-order chi connectivity index (χ0) is 24.1. The van der Waals surface area contributed by atoms with E-state index < -0.39 is 0 Å². The van der Waals surface area contributed by atoms with E-state index in [0.29, 0.717) is 11.4 Å². The number of benzene rings is 2. The summed E-state index contributed by atoms with van der Waals surface area (Å²) in [6.45, 7) is 0.605. The summed E-state index contributed by atoms with van der Waals surface area (Å²) in [6, 6.07) is 15.8. The molecule has 1 N–H and O–H groups in total. The summed E-state index contributed by atoms with van der Waals surface area (Å²) in [4.78, 5) is 30.4. The Kier molecular flexibility index (Phi) is 7.63. The van der Waals surface area contributed by atoms with Crippen LogP contribution in [0, 0.1) is 11.7 Å². The summed E-state index contributed by atoms with van der Waals surface area (Å²) >= 11 is 1.39. The lowest BCUT2D eigenvalue weighted by Gasteiger charge is -2.26. The molecule has 1 heterocycles. The van der Waals surface area contributed by atoms with Crippen LogP contribution in [0.3, 0.4) is 0 Å². The Labute approximate surface area is 204 Å². The van der Waals surface area contributed by atoms with Gasteiger partial charge < -0.3 is 15.1 Å². The molecule has 1 saturated carbocycles. The second-order valence-electron chi connectivity index (χ2n) is 8.98. The number of halogens is 1. The van der Waals surface area contributed by atoms with Crippen molar-refractivity contribution in [3.63, 3.8) is 0 Å². The molecule has 3 aromatic rings. The molecule has 1 aromatic heterocycles. The van der Waals surface area contributed by atoms with E-state index in [0.717, 1.165) is 48.2 Å². The van der Waals surface area contributed by atoms with Gasteiger partial charge in [0.05, 0.1) is 4.88 Å². The average Bonchev–Trinajstić information content (AvgIpc) is 3.53. The summed E-state index contributed by atoms with van der Waals surface area (Å²) in [5.74, 6) is -0.301. The number of carbonyl (C=O) groups excluding carboxylic acids is 2. The Hall–Kier alpha value is -3.19. The number of hydrogen-bond acceptors (Lipinski definition) is 4. The first-order valence-corrected chi connectivity index (χ1v) is 12.5. The first kappa shape index (κ1) is 24.0. The fourth-order valence-corrected chi connectivity index (χ4v) is 5.17. The average molecular weight is 480 g/mol. The van der Waals surface area contributed by atoms with Crippen LogP contribution in [-0.2, 0) is 17.9 Å². The van der Waals surface area contributed by atoms with Crippen LogP contribution in [0.5, 0.6) is 0 Å². The Morgan fingerprint density at radius 2 is 1.82 bits per heavy atom. The highest BCUT2D eigenvalue weighted by molar-refractivity contribution is 7.12. The number of nitrogens with zero attached hydrogens (tertiary/aromatic N) is 2. The van der Waals surface area contributed by atoms with Crippen molar-refractivity contribution in [3.8, 4) is 0 Å². The Bertz CT molecular complexity index is 1140. The van der Waals surface area contributed by atoms with Crippen LogP contribution in [0.2, 0.25) is 0 Å². The summed E-state index contributed by atoms with van der Waals surface area (Å²) in [5.41, 5.74) is 3.33. The Morgan fingerprint density at radius 1 is 1.03 bits per heavy atom. The molecule has 1 aliphatic rings. The molecular formula is C27H30FN3O2S. The second-order valence-corrected chi connectivity index (χ2v) is 9.92. The standard InChI is InChI=1S/C27H30FN3O2S/c1-30(2)24-13-12-23(29-26(32)20-8-3-4-9-20)16-21(24)18-31(27(33)25-11-6-14-34-25)17-19-7-5-10-22(28)15-19/h5-7,10-16,20H,3-4,8-9,17-18H2,1-2H3,(H,29,32). The fourth-order valence-electron chi connectivity index (χ4n) is 4.48. The van der Waals surface area contributed by atoms with E-state index in [1.807, 2.05) is 54.7 Å². The van der Waals surface area contributed by atoms with Crippen molar-refractivity contribution in [2.45, 2.75) is 38.8 Å². The molecule has 0 aliphatic heterocycles. The van der Waals surface area contributed by atoms with Gasteiger partial charge in [-0.25, -0.2) is 4.39 Å². The highest BCUT2D eigenvalue weighted by atomic mass is 32.1. The van der Waals surface area contributed by atoms with Gasteiger partial charge in [0.1, 0.15) is 5.82 Å². The van der Waals surface area contributed by atoms with Crippen LogP contribution in [0.15, 0.2) is 60.0 Å². The van der Waals surface area contributed by atoms with E-state index in [9.17, 15) is 14.0 Å². The topological polar surface area (TPSA) is 52.7 Å². The summed E-state index contributed by atoms with van der Waals surface area (Å²) < 4.78 is 13.8. The number of amides is 2. The zero-order valence-corrected chi connectivity index (χ0v) is 20.4. The Morgan fingerprint density at radius 3 is 2.50 bits per heavy atom. The molecule has 4 rings (SSSR count). The fraction of sp³-hybridized carbons (Fsp3) is 0.333. The molecule has 0 atom stereocenters. The van der Waals surface area contributed by atoms with Crippen LogP contribution in [0.4, 0.5) is 15.8 Å². The third-order valence-electron chi connectivity index (χ3n) is 6.20. The van der Waals surface area contributed by atoms with Gasteiger partial charge in [0.15, 0.2) is 0 Å². The minimum absolute atomic E-state index is 0.0623. The van der Waals surface area contributed by atoms with E-state index in [1.54, 1.807) is 17.0 Å². The SMILES string of the molecule is CN(C)c1ccc(NC(=O)C2CCCC2)cc1CN(Cc1cccc(F)c1)C(=O)c1cccs1.